The molecule has 152 valence electrons. The summed E-state index contributed by atoms with van der Waals surface area (Å²) in [7, 11) is 0. The number of rotatable bonds is 3. The van der Waals surface area contributed by atoms with Crippen molar-refractivity contribution in [3.05, 3.63) is 48.0 Å². The maximum absolute atomic E-state index is 12.7. The summed E-state index contributed by atoms with van der Waals surface area (Å²) in [5.74, 6) is 0.720. The molecular formula is C23H26N2O4. The van der Waals surface area contributed by atoms with Gasteiger partial charge in [-0.1, -0.05) is 32.9 Å². The van der Waals surface area contributed by atoms with E-state index in [1.807, 2.05) is 30.3 Å². The van der Waals surface area contributed by atoms with Crippen molar-refractivity contribution in [2.24, 2.45) is 5.92 Å². The Balaban J connectivity index is 1.43. The molecule has 4 rings (SSSR count). The van der Waals surface area contributed by atoms with Crippen LogP contribution in [0.1, 0.15) is 32.8 Å². The van der Waals surface area contributed by atoms with Crippen LogP contribution < -0.4 is 19.7 Å². The molecule has 0 radical (unpaired) electrons. The number of nitrogens with one attached hydrogen (secondary N) is 1. The van der Waals surface area contributed by atoms with E-state index in [9.17, 15) is 9.59 Å². The SMILES string of the molecule is CC(C)(C)c1ccc(NC(=O)C2CC(=O)N(c3ccc4c(c3)OCCO4)C2)cc1. The van der Waals surface area contributed by atoms with Crippen molar-refractivity contribution >= 4 is 23.2 Å². The molecule has 1 unspecified atom stereocenters. The Morgan fingerprint density at radius 2 is 1.72 bits per heavy atom. The van der Waals surface area contributed by atoms with Crippen LogP contribution in [0.5, 0.6) is 11.5 Å². The molecule has 6 heteroatoms. The Morgan fingerprint density at radius 1 is 1.03 bits per heavy atom. The smallest absolute Gasteiger partial charge is 0.229 e. The van der Waals surface area contributed by atoms with Gasteiger partial charge in [0.2, 0.25) is 11.8 Å². The quantitative estimate of drug-likeness (QED) is 0.861. The summed E-state index contributed by atoms with van der Waals surface area (Å²) in [6.07, 6.45) is 0.195. The number of carbonyl (C=O) groups is 2. The molecule has 0 spiro atoms. The summed E-state index contributed by atoms with van der Waals surface area (Å²) in [6, 6.07) is 13.3. The van der Waals surface area contributed by atoms with E-state index >= 15 is 0 Å². The van der Waals surface area contributed by atoms with Crippen LogP contribution in [0.2, 0.25) is 0 Å². The monoisotopic (exact) mass is 394 g/mol. The molecule has 1 N–H and O–H groups in total. The molecule has 0 bridgehead atoms. The molecule has 2 aliphatic rings. The average molecular weight is 394 g/mol. The highest BCUT2D eigenvalue weighted by atomic mass is 16.6. The van der Waals surface area contributed by atoms with Crippen LogP contribution in [0, 0.1) is 5.92 Å². The topological polar surface area (TPSA) is 67.9 Å². The van der Waals surface area contributed by atoms with Gasteiger partial charge in [-0.25, -0.2) is 0 Å². The predicted molar refractivity (Wildman–Crippen MR) is 112 cm³/mol. The third-order valence-electron chi connectivity index (χ3n) is 5.35. The Labute approximate surface area is 170 Å². The Kier molecular flexibility index (Phi) is 4.94. The number of ether oxygens (including phenoxy) is 2. The first kappa shape index (κ1) is 19.3. The molecule has 0 aromatic heterocycles. The highest BCUT2D eigenvalue weighted by Gasteiger charge is 2.35. The zero-order valence-electron chi connectivity index (χ0n) is 17.0. The predicted octanol–water partition coefficient (Wildman–Crippen LogP) is 3.75. The average Bonchev–Trinajstić information content (AvgIpc) is 3.09. The van der Waals surface area contributed by atoms with E-state index in [0.29, 0.717) is 31.3 Å². The second-order valence-corrected chi connectivity index (χ2v) is 8.55. The van der Waals surface area contributed by atoms with Gasteiger partial charge in [0, 0.05) is 30.4 Å². The van der Waals surface area contributed by atoms with Gasteiger partial charge in [-0.05, 0) is 35.2 Å². The fourth-order valence-electron chi connectivity index (χ4n) is 3.63. The van der Waals surface area contributed by atoms with Crippen LogP contribution >= 0.6 is 0 Å². The molecule has 29 heavy (non-hydrogen) atoms. The second kappa shape index (κ2) is 7.43. The van der Waals surface area contributed by atoms with Crippen LogP contribution in [0.4, 0.5) is 11.4 Å². The van der Waals surface area contributed by atoms with E-state index in [4.69, 9.17) is 9.47 Å². The number of nitrogens with zero attached hydrogens (tertiary/aromatic N) is 1. The van der Waals surface area contributed by atoms with Crippen molar-refractivity contribution in [1.82, 2.24) is 0 Å². The summed E-state index contributed by atoms with van der Waals surface area (Å²) in [4.78, 5) is 26.9. The number of anilines is 2. The van der Waals surface area contributed by atoms with E-state index in [0.717, 1.165) is 11.4 Å². The molecule has 2 aliphatic heterocycles. The lowest BCUT2D eigenvalue weighted by atomic mass is 9.87. The van der Waals surface area contributed by atoms with Gasteiger partial charge < -0.3 is 19.7 Å². The van der Waals surface area contributed by atoms with Gasteiger partial charge in [-0.3, -0.25) is 9.59 Å². The number of hydrogen-bond donors (Lipinski definition) is 1. The van der Waals surface area contributed by atoms with Crippen molar-refractivity contribution in [2.45, 2.75) is 32.6 Å². The van der Waals surface area contributed by atoms with Crippen molar-refractivity contribution < 1.29 is 19.1 Å². The lowest BCUT2D eigenvalue weighted by Crippen LogP contribution is -2.28. The van der Waals surface area contributed by atoms with E-state index < -0.39 is 5.92 Å². The first-order valence-corrected chi connectivity index (χ1v) is 9.93. The number of hydrogen-bond acceptors (Lipinski definition) is 4. The zero-order valence-corrected chi connectivity index (χ0v) is 17.0. The van der Waals surface area contributed by atoms with E-state index in [-0.39, 0.29) is 23.7 Å². The summed E-state index contributed by atoms with van der Waals surface area (Å²) >= 11 is 0. The Hall–Kier alpha value is -3.02. The minimum Gasteiger partial charge on any atom is -0.486 e. The van der Waals surface area contributed by atoms with Crippen LogP contribution in [0.3, 0.4) is 0 Å². The molecule has 6 nitrogen and oxygen atoms in total. The first-order valence-electron chi connectivity index (χ1n) is 9.93. The van der Waals surface area contributed by atoms with E-state index in [2.05, 4.69) is 26.1 Å². The first-order chi connectivity index (χ1) is 13.8. The standard InChI is InChI=1S/C23H26N2O4/c1-23(2,3)16-4-6-17(7-5-16)24-22(27)15-12-21(26)25(14-15)18-8-9-19-20(13-18)29-11-10-28-19/h4-9,13,15H,10-12,14H2,1-3H3,(H,24,27). The molecule has 2 amide bonds. The summed E-state index contributed by atoms with van der Waals surface area (Å²) in [6.45, 7) is 7.81. The lowest BCUT2D eigenvalue weighted by Gasteiger charge is -2.22. The van der Waals surface area contributed by atoms with Crippen molar-refractivity contribution in [1.29, 1.82) is 0 Å². The van der Waals surface area contributed by atoms with Crippen LogP contribution in [0.15, 0.2) is 42.5 Å². The van der Waals surface area contributed by atoms with Gasteiger partial charge in [0.05, 0.1) is 5.92 Å². The molecular weight excluding hydrogens is 368 g/mol. The third kappa shape index (κ3) is 4.06. The second-order valence-electron chi connectivity index (χ2n) is 8.55. The van der Waals surface area contributed by atoms with Gasteiger partial charge in [-0.2, -0.15) is 0 Å². The summed E-state index contributed by atoms with van der Waals surface area (Å²) < 4.78 is 11.1. The van der Waals surface area contributed by atoms with Crippen LogP contribution in [-0.4, -0.2) is 31.6 Å². The van der Waals surface area contributed by atoms with Gasteiger partial charge in [0.1, 0.15) is 13.2 Å². The van der Waals surface area contributed by atoms with Crippen LogP contribution in [0.25, 0.3) is 0 Å². The fourth-order valence-corrected chi connectivity index (χ4v) is 3.63. The molecule has 2 aromatic carbocycles. The number of amides is 2. The molecule has 0 saturated carbocycles. The van der Waals surface area contributed by atoms with Crippen molar-refractivity contribution in [3.8, 4) is 11.5 Å². The summed E-state index contributed by atoms with van der Waals surface area (Å²) in [5.41, 5.74) is 2.73. The molecule has 2 heterocycles. The van der Waals surface area contributed by atoms with E-state index in [1.165, 1.54) is 5.56 Å². The molecule has 1 fully saturated rings. The normalized spacial score (nSPS) is 18.7. The van der Waals surface area contributed by atoms with Crippen molar-refractivity contribution in [2.75, 3.05) is 30.0 Å². The van der Waals surface area contributed by atoms with Gasteiger partial charge in [0.15, 0.2) is 11.5 Å². The van der Waals surface area contributed by atoms with Crippen molar-refractivity contribution in [3.63, 3.8) is 0 Å². The molecule has 0 aliphatic carbocycles. The van der Waals surface area contributed by atoms with E-state index in [1.54, 1.807) is 17.0 Å². The molecule has 1 saturated heterocycles. The number of fused-ring (bicyclic) bond motifs is 1. The number of carbonyl (C=O) groups excluding carboxylic acids is 2. The lowest BCUT2D eigenvalue weighted by molar-refractivity contribution is -0.122. The minimum absolute atomic E-state index is 0.0601. The highest BCUT2D eigenvalue weighted by Crippen LogP contribution is 2.36. The largest absolute Gasteiger partial charge is 0.486 e. The third-order valence-corrected chi connectivity index (χ3v) is 5.35. The maximum Gasteiger partial charge on any atom is 0.229 e. The maximum atomic E-state index is 12.7. The molecule has 1 atom stereocenters. The van der Waals surface area contributed by atoms with Gasteiger partial charge in [-0.15, -0.1) is 0 Å². The molecule has 2 aromatic rings. The number of benzene rings is 2. The zero-order chi connectivity index (χ0) is 20.6. The summed E-state index contributed by atoms with van der Waals surface area (Å²) in [5, 5.41) is 2.94. The van der Waals surface area contributed by atoms with Gasteiger partial charge in [0.25, 0.3) is 0 Å². The Morgan fingerprint density at radius 3 is 2.41 bits per heavy atom. The minimum atomic E-state index is -0.391. The Bertz CT molecular complexity index is 931. The fraction of sp³-hybridized carbons (Fsp3) is 0.391. The highest BCUT2D eigenvalue weighted by molar-refractivity contribution is 6.03. The van der Waals surface area contributed by atoms with Gasteiger partial charge >= 0.3 is 0 Å². The van der Waals surface area contributed by atoms with Crippen LogP contribution in [-0.2, 0) is 15.0 Å².